The molecule has 2 rings (SSSR count). The van der Waals surface area contributed by atoms with Gasteiger partial charge in [0.25, 0.3) is 0 Å². The van der Waals surface area contributed by atoms with Gasteiger partial charge in [-0.1, -0.05) is 30.3 Å². The van der Waals surface area contributed by atoms with Crippen LogP contribution in [0.15, 0.2) is 30.3 Å². The van der Waals surface area contributed by atoms with Gasteiger partial charge < -0.3 is 14.2 Å². The maximum absolute atomic E-state index is 11.5. The second-order valence-electron chi connectivity index (χ2n) is 4.23. The molecule has 0 amide bonds. The van der Waals surface area contributed by atoms with Crippen molar-refractivity contribution in [2.45, 2.75) is 32.2 Å². The molecular weight excluding hydrogens is 232 g/mol. The summed E-state index contributed by atoms with van der Waals surface area (Å²) >= 11 is 0. The van der Waals surface area contributed by atoms with Crippen molar-refractivity contribution in [3.05, 3.63) is 35.9 Å². The maximum atomic E-state index is 11.5. The van der Waals surface area contributed by atoms with Crippen molar-refractivity contribution < 1.29 is 19.0 Å². The first-order valence-electron chi connectivity index (χ1n) is 6.23. The third kappa shape index (κ3) is 3.55. The van der Waals surface area contributed by atoms with Gasteiger partial charge in [0, 0.05) is 6.42 Å². The summed E-state index contributed by atoms with van der Waals surface area (Å²) in [7, 11) is 0. The summed E-state index contributed by atoms with van der Waals surface area (Å²) in [6.45, 7) is 3.17. The third-order valence-electron chi connectivity index (χ3n) is 2.84. The van der Waals surface area contributed by atoms with Crippen LogP contribution in [0.25, 0.3) is 0 Å². The zero-order valence-electron chi connectivity index (χ0n) is 10.5. The Kier molecular flexibility index (Phi) is 4.73. The van der Waals surface area contributed by atoms with E-state index in [0.29, 0.717) is 26.2 Å². The van der Waals surface area contributed by atoms with E-state index in [1.165, 1.54) is 0 Å². The number of esters is 1. The van der Waals surface area contributed by atoms with Crippen molar-refractivity contribution in [3.8, 4) is 0 Å². The molecule has 98 valence electrons. The van der Waals surface area contributed by atoms with E-state index < -0.39 is 6.10 Å². The summed E-state index contributed by atoms with van der Waals surface area (Å²) in [6.07, 6.45) is 0.0800. The molecule has 1 aromatic carbocycles. The van der Waals surface area contributed by atoms with Crippen LogP contribution >= 0.6 is 0 Å². The lowest BCUT2D eigenvalue weighted by atomic mass is 10.2. The SMILES string of the molecule is CCOC(=O)C1CC(OCc2ccccc2)CO1. The molecule has 1 heterocycles. The number of rotatable bonds is 5. The Bertz CT molecular complexity index is 377. The van der Waals surface area contributed by atoms with Crippen LogP contribution in [0.2, 0.25) is 0 Å². The van der Waals surface area contributed by atoms with Gasteiger partial charge >= 0.3 is 5.97 Å². The van der Waals surface area contributed by atoms with Gasteiger partial charge in [0.15, 0.2) is 6.10 Å². The van der Waals surface area contributed by atoms with Crippen molar-refractivity contribution in [2.24, 2.45) is 0 Å². The van der Waals surface area contributed by atoms with Gasteiger partial charge in [-0.3, -0.25) is 0 Å². The minimum Gasteiger partial charge on any atom is -0.464 e. The maximum Gasteiger partial charge on any atom is 0.335 e. The average molecular weight is 250 g/mol. The highest BCUT2D eigenvalue weighted by Crippen LogP contribution is 2.18. The molecule has 1 aromatic rings. The molecule has 2 atom stereocenters. The minimum atomic E-state index is -0.467. The summed E-state index contributed by atoms with van der Waals surface area (Å²) in [5.74, 6) is -0.289. The standard InChI is InChI=1S/C14H18O4/c1-2-16-14(15)13-8-12(10-18-13)17-9-11-6-4-3-5-7-11/h3-7,12-13H,2,8-10H2,1H3. The first-order chi connectivity index (χ1) is 8.79. The molecule has 0 aliphatic carbocycles. The third-order valence-corrected chi connectivity index (χ3v) is 2.84. The number of carbonyl (C=O) groups excluding carboxylic acids is 1. The highest BCUT2D eigenvalue weighted by atomic mass is 16.6. The van der Waals surface area contributed by atoms with E-state index in [-0.39, 0.29) is 12.1 Å². The van der Waals surface area contributed by atoms with Crippen molar-refractivity contribution in [1.82, 2.24) is 0 Å². The van der Waals surface area contributed by atoms with Gasteiger partial charge in [0.2, 0.25) is 0 Å². The lowest BCUT2D eigenvalue weighted by molar-refractivity contribution is -0.153. The minimum absolute atomic E-state index is 0.0281. The molecule has 0 radical (unpaired) electrons. The predicted molar refractivity (Wildman–Crippen MR) is 66.0 cm³/mol. The topological polar surface area (TPSA) is 44.8 Å². The largest absolute Gasteiger partial charge is 0.464 e. The van der Waals surface area contributed by atoms with Crippen LogP contribution in [-0.2, 0) is 25.6 Å². The molecule has 1 fully saturated rings. The van der Waals surface area contributed by atoms with Gasteiger partial charge in [-0.25, -0.2) is 4.79 Å². The molecule has 1 aliphatic rings. The Hall–Kier alpha value is -1.39. The van der Waals surface area contributed by atoms with E-state index in [1.807, 2.05) is 30.3 Å². The Morgan fingerprint density at radius 3 is 2.89 bits per heavy atom. The van der Waals surface area contributed by atoms with Crippen molar-refractivity contribution in [2.75, 3.05) is 13.2 Å². The summed E-state index contributed by atoms with van der Waals surface area (Å²) in [5.41, 5.74) is 1.12. The highest BCUT2D eigenvalue weighted by Gasteiger charge is 2.32. The van der Waals surface area contributed by atoms with Crippen LogP contribution in [0, 0.1) is 0 Å². The van der Waals surface area contributed by atoms with E-state index in [1.54, 1.807) is 6.92 Å². The smallest absolute Gasteiger partial charge is 0.335 e. The van der Waals surface area contributed by atoms with Crippen molar-refractivity contribution in [1.29, 1.82) is 0 Å². The zero-order valence-corrected chi connectivity index (χ0v) is 10.5. The van der Waals surface area contributed by atoms with Gasteiger partial charge in [-0.15, -0.1) is 0 Å². The normalized spacial score (nSPS) is 22.9. The molecule has 1 aliphatic heterocycles. The summed E-state index contributed by atoms with van der Waals surface area (Å²) in [6, 6.07) is 9.95. The fourth-order valence-electron chi connectivity index (χ4n) is 1.90. The predicted octanol–water partition coefficient (Wildman–Crippen LogP) is 1.92. The van der Waals surface area contributed by atoms with Crippen LogP contribution in [0.1, 0.15) is 18.9 Å². The molecule has 0 bridgehead atoms. The fourth-order valence-corrected chi connectivity index (χ4v) is 1.90. The molecule has 4 heteroatoms. The molecule has 2 unspecified atom stereocenters. The molecule has 0 spiro atoms. The van der Waals surface area contributed by atoms with Crippen LogP contribution < -0.4 is 0 Å². The van der Waals surface area contributed by atoms with Crippen LogP contribution in [0.5, 0.6) is 0 Å². The van der Waals surface area contributed by atoms with E-state index in [2.05, 4.69) is 0 Å². The molecular formula is C14H18O4. The molecule has 1 saturated heterocycles. The molecule has 4 nitrogen and oxygen atoms in total. The van der Waals surface area contributed by atoms with Gasteiger partial charge in [-0.05, 0) is 12.5 Å². The fraction of sp³-hybridized carbons (Fsp3) is 0.500. The molecule has 18 heavy (non-hydrogen) atoms. The quantitative estimate of drug-likeness (QED) is 0.749. The van der Waals surface area contributed by atoms with Crippen molar-refractivity contribution in [3.63, 3.8) is 0 Å². The van der Waals surface area contributed by atoms with Gasteiger partial charge in [0.1, 0.15) is 0 Å². The molecule has 0 N–H and O–H groups in total. The lowest BCUT2D eigenvalue weighted by Gasteiger charge is -2.10. The Morgan fingerprint density at radius 2 is 2.17 bits per heavy atom. The van der Waals surface area contributed by atoms with Crippen LogP contribution in [0.3, 0.4) is 0 Å². The van der Waals surface area contributed by atoms with Gasteiger partial charge in [0.05, 0.1) is 25.9 Å². The van der Waals surface area contributed by atoms with E-state index in [9.17, 15) is 4.79 Å². The second-order valence-corrected chi connectivity index (χ2v) is 4.23. The number of hydrogen-bond donors (Lipinski definition) is 0. The van der Waals surface area contributed by atoms with E-state index in [0.717, 1.165) is 5.56 Å². The lowest BCUT2D eigenvalue weighted by Crippen LogP contribution is -2.23. The van der Waals surface area contributed by atoms with Crippen LogP contribution in [0.4, 0.5) is 0 Å². The summed E-state index contributed by atoms with van der Waals surface area (Å²) in [4.78, 5) is 11.5. The Labute approximate surface area is 107 Å². The molecule has 0 saturated carbocycles. The van der Waals surface area contributed by atoms with E-state index >= 15 is 0 Å². The average Bonchev–Trinajstić information content (AvgIpc) is 2.87. The van der Waals surface area contributed by atoms with Crippen molar-refractivity contribution >= 4 is 5.97 Å². The first-order valence-corrected chi connectivity index (χ1v) is 6.23. The monoisotopic (exact) mass is 250 g/mol. The summed E-state index contributed by atoms with van der Waals surface area (Å²) in [5, 5.41) is 0. The second kappa shape index (κ2) is 6.52. The Morgan fingerprint density at radius 1 is 1.39 bits per heavy atom. The first kappa shape index (κ1) is 13.1. The Balaban J connectivity index is 1.74. The zero-order chi connectivity index (χ0) is 12.8. The number of benzene rings is 1. The summed E-state index contributed by atoms with van der Waals surface area (Å²) < 4.78 is 16.0. The number of carbonyl (C=O) groups is 1. The van der Waals surface area contributed by atoms with Crippen LogP contribution in [-0.4, -0.2) is 31.4 Å². The van der Waals surface area contributed by atoms with Gasteiger partial charge in [-0.2, -0.15) is 0 Å². The molecule has 0 aromatic heterocycles. The number of ether oxygens (including phenoxy) is 3. The highest BCUT2D eigenvalue weighted by molar-refractivity contribution is 5.75. The van der Waals surface area contributed by atoms with E-state index in [4.69, 9.17) is 14.2 Å². The number of hydrogen-bond acceptors (Lipinski definition) is 4.